The number of sulfonamides is 1. The van der Waals surface area contributed by atoms with Crippen LogP contribution in [0.5, 0.6) is 0 Å². The fourth-order valence-corrected chi connectivity index (χ4v) is 5.94. The highest BCUT2D eigenvalue weighted by atomic mass is 32.2. The Morgan fingerprint density at radius 3 is 2.44 bits per heavy atom. The normalized spacial score (nSPS) is 13.1. The molecule has 0 aliphatic heterocycles. The largest absolute Gasteiger partial charge is 0.302 e. The van der Waals surface area contributed by atoms with Crippen molar-refractivity contribution in [3.8, 4) is 11.4 Å². The summed E-state index contributed by atoms with van der Waals surface area (Å²) in [7, 11) is -3.55. The number of hydrogen-bond donors (Lipinski definition) is 0. The molecule has 172 valence electrons. The number of thioether (sulfide) groups is 1. The smallest absolute Gasteiger partial charge is 0.243 e. The summed E-state index contributed by atoms with van der Waals surface area (Å²) in [6.45, 7) is 11.7. The Kier molecular flexibility index (Phi) is 8.08. The molecule has 0 unspecified atom stereocenters. The first-order valence-corrected chi connectivity index (χ1v) is 13.2. The molecule has 1 atom stereocenters. The molecule has 32 heavy (non-hydrogen) atoms. The van der Waals surface area contributed by atoms with Gasteiger partial charge in [-0.2, -0.15) is 4.31 Å². The van der Waals surface area contributed by atoms with Crippen molar-refractivity contribution in [3.63, 3.8) is 0 Å². The van der Waals surface area contributed by atoms with Gasteiger partial charge < -0.3 is 4.57 Å². The van der Waals surface area contributed by atoms with E-state index in [1.165, 1.54) is 4.31 Å². The van der Waals surface area contributed by atoms with Crippen molar-refractivity contribution in [2.45, 2.75) is 56.5 Å². The molecule has 0 aliphatic carbocycles. The van der Waals surface area contributed by atoms with Crippen LogP contribution < -0.4 is 0 Å². The zero-order valence-corrected chi connectivity index (χ0v) is 20.9. The second kappa shape index (κ2) is 10.6. The Labute approximate surface area is 195 Å². The van der Waals surface area contributed by atoms with E-state index in [1.807, 2.05) is 32.2 Å². The van der Waals surface area contributed by atoms with Gasteiger partial charge in [-0.05, 0) is 36.6 Å². The standard InChI is InChI=1S/C23H31N5O2S2/c1-6-27(7-2)32(29,30)21-12-8-10-19(14-21)22-25-26-23(28(22)16-17(3)4)31-18(5)20-11-9-13-24-15-20/h8-15,17-18H,6-7,16H2,1-5H3/t18-/m0/s1. The van der Waals surface area contributed by atoms with E-state index in [2.05, 4.69) is 46.6 Å². The Bertz CT molecular complexity index is 1130. The second-order valence-electron chi connectivity index (χ2n) is 7.97. The van der Waals surface area contributed by atoms with Crippen LogP contribution >= 0.6 is 11.8 Å². The quantitative estimate of drug-likeness (QED) is 0.390. The molecule has 0 fully saturated rings. The van der Waals surface area contributed by atoms with E-state index in [-0.39, 0.29) is 10.1 Å². The van der Waals surface area contributed by atoms with Crippen LogP contribution in [0.2, 0.25) is 0 Å². The number of aromatic nitrogens is 4. The highest BCUT2D eigenvalue weighted by Crippen LogP contribution is 2.35. The molecule has 2 aromatic heterocycles. The van der Waals surface area contributed by atoms with Gasteiger partial charge in [-0.15, -0.1) is 10.2 Å². The summed E-state index contributed by atoms with van der Waals surface area (Å²) >= 11 is 1.63. The SMILES string of the molecule is CCN(CC)S(=O)(=O)c1cccc(-c2nnc(S[C@@H](C)c3cccnc3)n2CC(C)C)c1. The minimum atomic E-state index is -3.55. The van der Waals surface area contributed by atoms with E-state index < -0.39 is 10.0 Å². The fraction of sp³-hybridized carbons (Fsp3) is 0.435. The predicted octanol–water partition coefficient (Wildman–Crippen LogP) is 4.88. The van der Waals surface area contributed by atoms with E-state index in [0.29, 0.717) is 24.8 Å². The number of hydrogen-bond acceptors (Lipinski definition) is 6. The number of rotatable bonds is 10. The van der Waals surface area contributed by atoms with Gasteiger partial charge in [0.2, 0.25) is 10.0 Å². The molecule has 0 saturated carbocycles. The summed E-state index contributed by atoms with van der Waals surface area (Å²) in [6, 6.07) is 11.0. The number of benzene rings is 1. The Hall–Kier alpha value is -2.23. The van der Waals surface area contributed by atoms with Crippen molar-refractivity contribution >= 4 is 21.8 Å². The van der Waals surface area contributed by atoms with Crippen molar-refractivity contribution in [3.05, 3.63) is 54.4 Å². The van der Waals surface area contributed by atoms with Gasteiger partial charge in [-0.25, -0.2) is 8.42 Å². The topological polar surface area (TPSA) is 81.0 Å². The Morgan fingerprint density at radius 2 is 1.81 bits per heavy atom. The van der Waals surface area contributed by atoms with Crippen LogP contribution in [0.25, 0.3) is 11.4 Å². The summed E-state index contributed by atoms with van der Waals surface area (Å²) in [5.74, 6) is 1.05. The lowest BCUT2D eigenvalue weighted by Crippen LogP contribution is -2.30. The van der Waals surface area contributed by atoms with E-state index in [0.717, 1.165) is 22.8 Å². The second-order valence-corrected chi connectivity index (χ2v) is 11.2. The molecule has 0 aliphatic rings. The Morgan fingerprint density at radius 1 is 1.06 bits per heavy atom. The molecule has 0 bridgehead atoms. The maximum atomic E-state index is 13.0. The molecule has 0 radical (unpaired) electrons. The van der Waals surface area contributed by atoms with Gasteiger partial charge in [0.15, 0.2) is 11.0 Å². The van der Waals surface area contributed by atoms with Crippen LogP contribution in [-0.4, -0.2) is 45.6 Å². The molecular formula is C23H31N5O2S2. The zero-order chi connectivity index (χ0) is 23.3. The van der Waals surface area contributed by atoms with Gasteiger partial charge in [0.1, 0.15) is 0 Å². The lowest BCUT2D eigenvalue weighted by atomic mass is 10.2. The fourth-order valence-electron chi connectivity index (χ4n) is 3.47. The van der Waals surface area contributed by atoms with Gasteiger partial charge in [-0.3, -0.25) is 4.98 Å². The third-order valence-corrected chi connectivity index (χ3v) is 8.32. The van der Waals surface area contributed by atoms with Crippen molar-refractivity contribution in [1.29, 1.82) is 0 Å². The summed E-state index contributed by atoms with van der Waals surface area (Å²) in [5, 5.41) is 9.89. The zero-order valence-electron chi connectivity index (χ0n) is 19.3. The highest BCUT2D eigenvalue weighted by molar-refractivity contribution is 7.99. The molecule has 2 heterocycles. The predicted molar refractivity (Wildman–Crippen MR) is 129 cm³/mol. The van der Waals surface area contributed by atoms with E-state index in [4.69, 9.17) is 0 Å². The van der Waals surface area contributed by atoms with E-state index in [1.54, 1.807) is 36.2 Å². The average molecular weight is 474 g/mol. The molecule has 0 spiro atoms. The molecule has 3 rings (SSSR count). The molecule has 7 nitrogen and oxygen atoms in total. The van der Waals surface area contributed by atoms with Crippen LogP contribution in [0.4, 0.5) is 0 Å². The Balaban J connectivity index is 2.00. The summed E-state index contributed by atoms with van der Waals surface area (Å²) in [5.41, 5.74) is 1.86. The van der Waals surface area contributed by atoms with Gasteiger partial charge in [0.05, 0.1) is 4.90 Å². The molecule has 0 saturated heterocycles. The van der Waals surface area contributed by atoms with Crippen molar-refractivity contribution in [2.24, 2.45) is 5.92 Å². The van der Waals surface area contributed by atoms with Gasteiger partial charge in [-0.1, -0.05) is 57.7 Å². The van der Waals surface area contributed by atoms with Crippen molar-refractivity contribution in [2.75, 3.05) is 13.1 Å². The first-order valence-electron chi connectivity index (χ1n) is 10.9. The minimum Gasteiger partial charge on any atom is -0.302 e. The summed E-state index contributed by atoms with van der Waals surface area (Å²) < 4.78 is 29.6. The molecule has 9 heteroatoms. The average Bonchev–Trinajstić information content (AvgIpc) is 3.16. The lowest BCUT2D eigenvalue weighted by molar-refractivity contribution is 0.445. The van der Waals surface area contributed by atoms with Crippen LogP contribution in [0.15, 0.2) is 58.8 Å². The highest BCUT2D eigenvalue weighted by Gasteiger charge is 2.24. The molecular weight excluding hydrogens is 442 g/mol. The number of pyridine rings is 1. The van der Waals surface area contributed by atoms with Gasteiger partial charge in [0.25, 0.3) is 0 Å². The van der Waals surface area contributed by atoms with Gasteiger partial charge >= 0.3 is 0 Å². The maximum Gasteiger partial charge on any atom is 0.243 e. The lowest BCUT2D eigenvalue weighted by Gasteiger charge is -2.19. The van der Waals surface area contributed by atoms with Crippen LogP contribution in [-0.2, 0) is 16.6 Å². The molecule has 0 N–H and O–H groups in total. The third kappa shape index (κ3) is 5.39. The van der Waals surface area contributed by atoms with Crippen LogP contribution in [0, 0.1) is 5.92 Å². The molecule has 0 amide bonds. The first-order chi connectivity index (χ1) is 15.3. The third-order valence-electron chi connectivity index (χ3n) is 5.14. The molecule has 1 aromatic carbocycles. The minimum absolute atomic E-state index is 0.154. The van der Waals surface area contributed by atoms with E-state index >= 15 is 0 Å². The molecule has 3 aromatic rings. The van der Waals surface area contributed by atoms with Crippen molar-refractivity contribution < 1.29 is 8.42 Å². The summed E-state index contributed by atoms with van der Waals surface area (Å²) in [4.78, 5) is 4.49. The van der Waals surface area contributed by atoms with Crippen molar-refractivity contribution in [1.82, 2.24) is 24.1 Å². The summed E-state index contributed by atoms with van der Waals surface area (Å²) in [6.07, 6.45) is 3.63. The van der Waals surface area contributed by atoms with E-state index in [9.17, 15) is 8.42 Å². The monoisotopic (exact) mass is 473 g/mol. The first kappa shape index (κ1) is 24.4. The number of nitrogens with zero attached hydrogens (tertiary/aromatic N) is 5. The van der Waals surface area contributed by atoms with Gasteiger partial charge in [0, 0.05) is 42.8 Å². The van der Waals surface area contributed by atoms with Crippen LogP contribution in [0.3, 0.4) is 0 Å². The van der Waals surface area contributed by atoms with Crippen LogP contribution in [0.1, 0.15) is 45.4 Å². The maximum absolute atomic E-state index is 13.0.